The second-order valence-electron chi connectivity index (χ2n) is 2.43. The second kappa shape index (κ2) is 10.9. The molecule has 0 rings (SSSR count). The van der Waals surface area contributed by atoms with Gasteiger partial charge in [0.15, 0.2) is 0 Å². The van der Waals surface area contributed by atoms with Crippen molar-refractivity contribution in [3.63, 3.8) is 0 Å². The quantitative estimate of drug-likeness (QED) is 0.532. The van der Waals surface area contributed by atoms with Crippen molar-refractivity contribution in [3.8, 4) is 0 Å². The summed E-state index contributed by atoms with van der Waals surface area (Å²) in [6.45, 7) is 4.58. The van der Waals surface area contributed by atoms with Gasteiger partial charge in [0, 0.05) is 6.61 Å². The Balaban J connectivity index is 2.73. The van der Waals surface area contributed by atoms with Gasteiger partial charge in [-0.15, -0.1) is 0 Å². The maximum absolute atomic E-state index is 8.37. The topological polar surface area (TPSA) is 38.7 Å². The molecule has 0 heterocycles. The third kappa shape index (κ3) is 9.88. The Morgan fingerprint density at radius 1 is 1.08 bits per heavy atom. The molecular formula is C9H19O3. The van der Waals surface area contributed by atoms with Crippen LogP contribution in [-0.4, -0.2) is 38.1 Å². The summed E-state index contributed by atoms with van der Waals surface area (Å²) in [6.07, 6.45) is 4.30. The highest BCUT2D eigenvalue weighted by molar-refractivity contribution is 4.59. The summed E-state index contributed by atoms with van der Waals surface area (Å²) < 4.78 is 10.2. The number of hydrogen-bond acceptors (Lipinski definition) is 3. The number of hydrogen-bond donors (Lipinski definition) is 1. The van der Waals surface area contributed by atoms with Gasteiger partial charge >= 0.3 is 0 Å². The molecule has 0 fully saturated rings. The smallest absolute Gasteiger partial charge is 0.0701 e. The molecule has 0 amide bonds. The second-order valence-corrected chi connectivity index (χ2v) is 2.43. The zero-order chi connectivity index (χ0) is 9.07. The van der Waals surface area contributed by atoms with E-state index in [0.29, 0.717) is 19.8 Å². The number of aliphatic hydroxyl groups excluding tert-OH is 1. The molecule has 0 bridgehead atoms. The lowest BCUT2D eigenvalue weighted by Gasteiger charge is -2.03. The van der Waals surface area contributed by atoms with Crippen molar-refractivity contribution in [3.05, 3.63) is 6.42 Å². The first kappa shape index (κ1) is 11.9. The van der Waals surface area contributed by atoms with Crippen molar-refractivity contribution in [1.82, 2.24) is 0 Å². The largest absolute Gasteiger partial charge is 0.394 e. The standard InChI is InChI=1S/C9H19O3/c1-2-3-4-6-11-8-9-12-7-5-10/h3,10H,2,4-9H2,1H3. The maximum Gasteiger partial charge on any atom is 0.0701 e. The molecule has 1 N–H and O–H groups in total. The van der Waals surface area contributed by atoms with Gasteiger partial charge in [0.2, 0.25) is 0 Å². The highest BCUT2D eigenvalue weighted by Crippen LogP contribution is 1.92. The van der Waals surface area contributed by atoms with Crippen molar-refractivity contribution in [2.24, 2.45) is 0 Å². The highest BCUT2D eigenvalue weighted by Gasteiger charge is 1.89. The zero-order valence-electron chi connectivity index (χ0n) is 7.79. The number of unbranched alkanes of at least 4 members (excludes halogenated alkanes) is 2. The van der Waals surface area contributed by atoms with Gasteiger partial charge in [-0.1, -0.05) is 13.3 Å². The first-order valence-corrected chi connectivity index (χ1v) is 4.49. The minimum atomic E-state index is 0.0869. The monoisotopic (exact) mass is 175 g/mol. The molecule has 73 valence electrons. The normalized spacial score (nSPS) is 10.5. The lowest BCUT2D eigenvalue weighted by atomic mass is 10.3. The van der Waals surface area contributed by atoms with E-state index in [1.165, 1.54) is 0 Å². The van der Waals surface area contributed by atoms with Crippen LogP contribution < -0.4 is 0 Å². The van der Waals surface area contributed by atoms with E-state index in [2.05, 4.69) is 13.3 Å². The predicted molar refractivity (Wildman–Crippen MR) is 47.9 cm³/mol. The van der Waals surface area contributed by atoms with Crippen LogP contribution in [0, 0.1) is 6.42 Å². The van der Waals surface area contributed by atoms with Crippen LogP contribution in [-0.2, 0) is 9.47 Å². The van der Waals surface area contributed by atoms with Crippen LogP contribution in [0.3, 0.4) is 0 Å². The van der Waals surface area contributed by atoms with Crippen molar-refractivity contribution in [2.75, 3.05) is 33.0 Å². The summed E-state index contributed by atoms with van der Waals surface area (Å²) in [7, 11) is 0. The number of aliphatic hydroxyl groups is 1. The van der Waals surface area contributed by atoms with Crippen LogP contribution in [0.4, 0.5) is 0 Å². The zero-order valence-corrected chi connectivity index (χ0v) is 7.79. The van der Waals surface area contributed by atoms with Gasteiger partial charge < -0.3 is 14.6 Å². The van der Waals surface area contributed by atoms with E-state index in [4.69, 9.17) is 14.6 Å². The maximum atomic E-state index is 8.37. The molecule has 0 spiro atoms. The lowest BCUT2D eigenvalue weighted by Crippen LogP contribution is -2.07. The van der Waals surface area contributed by atoms with Crippen molar-refractivity contribution in [2.45, 2.75) is 19.8 Å². The molecule has 0 aliphatic heterocycles. The molecule has 0 aliphatic rings. The molecule has 0 aromatic rings. The van der Waals surface area contributed by atoms with E-state index < -0.39 is 0 Å². The van der Waals surface area contributed by atoms with Gasteiger partial charge in [-0.3, -0.25) is 0 Å². The average molecular weight is 175 g/mol. The average Bonchev–Trinajstić information content (AvgIpc) is 2.10. The Morgan fingerprint density at radius 3 is 2.33 bits per heavy atom. The van der Waals surface area contributed by atoms with Crippen molar-refractivity contribution >= 4 is 0 Å². The third-order valence-electron chi connectivity index (χ3n) is 1.36. The fraction of sp³-hybridized carbons (Fsp3) is 0.889. The lowest BCUT2D eigenvalue weighted by molar-refractivity contribution is 0.0338. The Morgan fingerprint density at radius 2 is 1.75 bits per heavy atom. The molecule has 0 unspecified atom stereocenters. The minimum absolute atomic E-state index is 0.0869. The Hall–Kier alpha value is -0.120. The fourth-order valence-corrected chi connectivity index (χ4v) is 0.757. The molecule has 0 saturated carbocycles. The predicted octanol–water partition coefficient (Wildman–Crippen LogP) is 1.02. The van der Waals surface area contributed by atoms with E-state index in [-0.39, 0.29) is 6.61 Å². The fourth-order valence-electron chi connectivity index (χ4n) is 0.757. The summed E-state index contributed by atoms with van der Waals surface area (Å²) >= 11 is 0. The summed E-state index contributed by atoms with van der Waals surface area (Å²) in [6, 6.07) is 0. The highest BCUT2D eigenvalue weighted by atomic mass is 16.5. The van der Waals surface area contributed by atoms with Crippen molar-refractivity contribution in [1.29, 1.82) is 0 Å². The number of ether oxygens (including phenoxy) is 2. The Labute approximate surface area is 74.7 Å². The van der Waals surface area contributed by atoms with Crippen LogP contribution >= 0.6 is 0 Å². The van der Waals surface area contributed by atoms with E-state index in [9.17, 15) is 0 Å². The van der Waals surface area contributed by atoms with Gasteiger partial charge in [0.1, 0.15) is 0 Å². The molecule has 3 nitrogen and oxygen atoms in total. The third-order valence-corrected chi connectivity index (χ3v) is 1.36. The van der Waals surface area contributed by atoms with Crippen LogP contribution in [0.25, 0.3) is 0 Å². The molecule has 12 heavy (non-hydrogen) atoms. The van der Waals surface area contributed by atoms with E-state index in [0.717, 1.165) is 19.4 Å². The SMILES string of the molecule is CC[CH]CCOCCOCCO. The Bertz CT molecular complexity index is 66.2. The first-order chi connectivity index (χ1) is 5.91. The van der Waals surface area contributed by atoms with Gasteiger partial charge in [-0.25, -0.2) is 0 Å². The molecular weight excluding hydrogens is 156 g/mol. The minimum Gasteiger partial charge on any atom is -0.394 e. The molecule has 0 saturated heterocycles. The summed E-state index contributed by atoms with van der Waals surface area (Å²) in [5, 5.41) is 8.37. The number of rotatable bonds is 9. The van der Waals surface area contributed by atoms with Crippen LogP contribution in [0.2, 0.25) is 0 Å². The molecule has 0 aromatic carbocycles. The molecule has 0 aliphatic carbocycles. The first-order valence-electron chi connectivity index (χ1n) is 4.49. The molecule has 0 aromatic heterocycles. The van der Waals surface area contributed by atoms with Crippen LogP contribution in [0.1, 0.15) is 19.8 Å². The van der Waals surface area contributed by atoms with Crippen LogP contribution in [0.5, 0.6) is 0 Å². The molecule has 1 radical (unpaired) electrons. The summed E-state index contributed by atoms with van der Waals surface area (Å²) in [5.41, 5.74) is 0. The molecule has 3 heteroatoms. The molecule has 0 atom stereocenters. The van der Waals surface area contributed by atoms with E-state index >= 15 is 0 Å². The van der Waals surface area contributed by atoms with Gasteiger partial charge in [0.05, 0.1) is 26.4 Å². The van der Waals surface area contributed by atoms with E-state index in [1.54, 1.807) is 0 Å². The summed E-state index contributed by atoms with van der Waals surface area (Å²) in [5.74, 6) is 0. The van der Waals surface area contributed by atoms with Gasteiger partial charge in [-0.2, -0.15) is 0 Å². The van der Waals surface area contributed by atoms with Crippen molar-refractivity contribution < 1.29 is 14.6 Å². The Kier molecular flexibility index (Phi) is 10.8. The summed E-state index contributed by atoms with van der Waals surface area (Å²) in [4.78, 5) is 0. The van der Waals surface area contributed by atoms with E-state index in [1.807, 2.05) is 0 Å². The van der Waals surface area contributed by atoms with Gasteiger partial charge in [0.25, 0.3) is 0 Å². The van der Waals surface area contributed by atoms with Crippen LogP contribution in [0.15, 0.2) is 0 Å². The van der Waals surface area contributed by atoms with Gasteiger partial charge in [-0.05, 0) is 12.8 Å².